The molecule has 3 rings (SSSR count). The van der Waals surface area contributed by atoms with Crippen LogP contribution in [0.3, 0.4) is 0 Å². The van der Waals surface area contributed by atoms with E-state index in [0.29, 0.717) is 28.4 Å². The molecule has 0 saturated heterocycles. The fourth-order valence-corrected chi connectivity index (χ4v) is 2.86. The molecule has 0 aliphatic carbocycles. The van der Waals surface area contributed by atoms with Crippen LogP contribution in [0.4, 0.5) is 0 Å². The van der Waals surface area contributed by atoms with Gasteiger partial charge in [-0.25, -0.2) is 0 Å². The molecular formula is C18H15BrO5. The molecule has 0 amide bonds. The largest absolute Gasteiger partial charge is 0.493 e. The first kappa shape index (κ1) is 16.4. The van der Waals surface area contributed by atoms with E-state index in [9.17, 15) is 4.79 Å². The minimum atomic E-state index is -0.262. The summed E-state index contributed by atoms with van der Waals surface area (Å²) in [4.78, 5) is 12.8. The second kappa shape index (κ2) is 6.57. The number of methoxy groups -OCH3 is 3. The Labute approximate surface area is 147 Å². The first-order chi connectivity index (χ1) is 11.6. The van der Waals surface area contributed by atoms with Crippen LogP contribution in [0.25, 0.3) is 11.0 Å². The van der Waals surface area contributed by atoms with Gasteiger partial charge in [0, 0.05) is 15.4 Å². The number of halogens is 1. The van der Waals surface area contributed by atoms with Gasteiger partial charge in [-0.15, -0.1) is 0 Å². The molecule has 0 N–H and O–H groups in total. The Kier molecular flexibility index (Phi) is 4.49. The number of ketones is 1. The van der Waals surface area contributed by atoms with Gasteiger partial charge >= 0.3 is 0 Å². The quantitative estimate of drug-likeness (QED) is 0.602. The number of ether oxygens (including phenoxy) is 3. The van der Waals surface area contributed by atoms with Gasteiger partial charge in [0.05, 0.1) is 21.3 Å². The smallest absolute Gasteiger partial charge is 0.228 e. The molecule has 0 spiro atoms. The maximum atomic E-state index is 12.8. The summed E-state index contributed by atoms with van der Waals surface area (Å²) < 4.78 is 22.4. The number of benzene rings is 2. The topological polar surface area (TPSA) is 57.9 Å². The molecule has 1 heterocycles. The highest BCUT2D eigenvalue weighted by Gasteiger charge is 2.20. The average Bonchev–Trinajstić information content (AvgIpc) is 3.02. The van der Waals surface area contributed by atoms with E-state index >= 15 is 0 Å². The van der Waals surface area contributed by atoms with Crippen molar-refractivity contribution >= 4 is 32.7 Å². The first-order valence-corrected chi connectivity index (χ1v) is 7.90. The van der Waals surface area contributed by atoms with Gasteiger partial charge in [-0.2, -0.15) is 0 Å². The van der Waals surface area contributed by atoms with E-state index in [2.05, 4.69) is 15.9 Å². The fourth-order valence-electron chi connectivity index (χ4n) is 2.48. The Morgan fingerprint density at radius 2 is 1.62 bits per heavy atom. The number of furan rings is 1. The summed E-state index contributed by atoms with van der Waals surface area (Å²) in [5, 5.41) is 0.847. The van der Waals surface area contributed by atoms with Gasteiger partial charge < -0.3 is 18.6 Å². The van der Waals surface area contributed by atoms with E-state index in [0.717, 1.165) is 9.86 Å². The Morgan fingerprint density at radius 3 is 2.21 bits per heavy atom. The molecule has 3 aromatic rings. The van der Waals surface area contributed by atoms with Crippen LogP contribution in [0.1, 0.15) is 16.1 Å². The maximum Gasteiger partial charge on any atom is 0.228 e. The summed E-state index contributed by atoms with van der Waals surface area (Å²) in [5.74, 6) is 1.25. The van der Waals surface area contributed by atoms with E-state index in [-0.39, 0.29) is 11.5 Å². The van der Waals surface area contributed by atoms with E-state index in [1.54, 1.807) is 18.2 Å². The summed E-state index contributed by atoms with van der Waals surface area (Å²) in [6.45, 7) is 0. The number of hydrogen-bond acceptors (Lipinski definition) is 5. The minimum absolute atomic E-state index is 0.248. The molecule has 5 nitrogen and oxygen atoms in total. The van der Waals surface area contributed by atoms with Crippen LogP contribution in [0.15, 0.2) is 45.3 Å². The molecule has 1 aromatic heterocycles. The van der Waals surface area contributed by atoms with E-state index < -0.39 is 0 Å². The SMILES string of the molecule is COc1cc(C(=O)c2cc3cc(Br)ccc3o2)cc(OC)c1OC. The highest BCUT2D eigenvalue weighted by molar-refractivity contribution is 9.10. The van der Waals surface area contributed by atoms with Crippen LogP contribution >= 0.6 is 15.9 Å². The predicted octanol–water partition coefficient (Wildman–Crippen LogP) is 4.45. The molecule has 2 aromatic carbocycles. The van der Waals surface area contributed by atoms with Crippen molar-refractivity contribution in [1.82, 2.24) is 0 Å². The standard InChI is InChI=1S/C18H15BrO5/c1-21-15-8-11(9-16(22-2)18(15)23-3)17(20)14-7-10-6-12(19)4-5-13(10)24-14/h4-9H,1-3H3. The monoisotopic (exact) mass is 390 g/mol. The molecule has 24 heavy (non-hydrogen) atoms. The minimum Gasteiger partial charge on any atom is -0.493 e. The molecule has 0 atom stereocenters. The number of hydrogen-bond donors (Lipinski definition) is 0. The zero-order valence-corrected chi connectivity index (χ0v) is 15.0. The maximum absolute atomic E-state index is 12.8. The zero-order valence-electron chi connectivity index (χ0n) is 13.4. The Morgan fingerprint density at radius 1 is 0.958 bits per heavy atom. The second-order valence-electron chi connectivity index (χ2n) is 5.04. The van der Waals surface area contributed by atoms with E-state index in [1.165, 1.54) is 21.3 Å². The summed E-state index contributed by atoms with van der Waals surface area (Å²) in [6.07, 6.45) is 0. The summed E-state index contributed by atoms with van der Waals surface area (Å²) in [7, 11) is 4.52. The van der Waals surface area contributed by atoms with Crippen molar-refractivity contribution in [2.45, 2.75) is 0 Å². The van der Waals surface area contributed by atoms with Crippen molar-refractivity contribution in [3.63, 3.8) is 0 Å². The Bertz CT molecular complexity index is 888. The summed E-state index contributed by atoms with van der Waals surface area (Å²) >= 11 is 3.40. The third-order valence-electron chi connectivity index (χ3n) is 3.63. The van der Waals surface area contributed by atoms with Crippen molar-refractivity contribution in [1.29, 1.82) is 0 Å². The van der Waals surface area contributed by atoms with E-state index in [1.807, 2.05) is 18.2 Å². The zero-order chi connectivity index (χ0) is 17.3. The van der Waals surface area contributed by atoms with Crippen LogP contribution in [-0.4, -0.2) is 27.1 Å². The van der Waals surface area contributed by atoms with Gasteiger partial charge in [0.1, 0.15) is 5.58 Å². The molecule has 0 fully saturated rings. The number of carbonyl (C=O) groups excluding carboxylic acids is 1. The van der Waals surface area contributed by atoms with Gasteiger partial charge in [0.2, 0.25) is 11.5 Å². The third-order valence-corrected chi connectivity index (χ3v) is 4.12. The van der Waals surface area contributed by atoms with Crippen molar-refractivity contribution in [3.05, 3.63) is 52.2 Å². The molecule has 0 bridgehead atoms. The Hall–Kier alpha value is -2.47. The number of rotatable bonds is 5. The second-order valence-corrected chi connectivity index (χ2v) is 5.95. The fraction of sp³-hybridized carbons (Fsp3) is 0.167. The molecule has 0 unspecified atom stereocenters. The highest BCUT2D eigenvalue weighted by atomic mass is 79.9. The normalized spacial score (nSPS) is 10.7. The van der Waals surface area contributed by atoms with Crippen molar-refractivity contribution in [2.75, 3.05) is 21.3 Å². The van der Waals surface area contributed by atoms with E-state index in [4.69, 9.17) is 18.6 Å². The van der Waals surface area contributed by atoms with Crippen LogP contribution < -0.4 is 14.2 Å². The number of fused-ring (bicyclic) bond motifs is 1. The average molecular weight is 391 g/mol. The van der Waals surface area contributed by atoms with Gasteiger partial charge in [-0.1, -0.05) is 15.9 Å². The third kappa shape index (κ3) is 2.85. The summed E-state index contributed by atoms with van der Waals surface area (Å²) in [5.41, 5.74) is 1.04. The summed E-state index contributed by atoms with van der Waals surface area (Å²) in [6, 6.07) is 10.5. The Balaban J connectivity index is 2.08. The van der Waals surface area contributed by atoms with Gasteiger partial charge in [-0.05, 0) is 36.4 Å². The lowest BCUT2D eigenvalue weighted by Crippen LogP contribution is -2.03. The van der Waals surface area contributed by atoms with Crippen LogP contribution in [0.2, 0.25) is 0 Å². The predicted molar refractivity (Wildman–Crippen MR) is 93.4 cm³/mol. The molecule has 6 heteroatoms. The molecule has 0 radical (unpaired) electrons. The molecule has 0 saturated carbocycles. The highest BCUT2D eigenvalue weighted by Crippen LogP contribution is 2.39. The molecular weight excluding hydrogens is 376 g/mol. The van der Waals surface area contributed by atoms with Crippen molar-refractivity contribution in [2.24, 2.45) is 0 Å². The van der Waals surface area contributed by atoms with Gasteiger partial charge in [-0.3, -0.25) is 4.79 Å². The molecule has 124 valence electrons. The first-order valence-electron chi connectivity index (χ1n) is 7.11. The number of carbonyl (C=O) groups is 1. The lowest BCUT2D eigenvalue weighted by molar-refractivity contribution is 0.101. The lowest BCUT2D eigenvalue weighted by Gasteiger charge is -2.13. The van der Waals surface area contributed by atoms with Gasteiger partial charge in [0.25, 0.3) is 0 Å². The molecule has 0 aliphatic rings. The van der Waals surface area contributed by atoms with Crippen LogP contribution in [0, 0.1) is 0 Å². The molecule has 0 aliphatic heterocycles. The van der Waals surface area contributed by atoms with Crippen molar-refractivity contribution in [3.8, 4) is 17.2 Å². The van der Waals surface area contributed by atoms with Crippen LogP contribution in [0.5, 0.6) is 17.2 Å². The van der Waals surface area contributed by atoms with Crippen molar-refractivity contribution < 1.29 is 23.4 Å². The van der Waals surface area contributed by atoms with Crippen LogP contribution in [-0.2, 0) is 0 Å². The lowest BCUT2D eigenvalue weighted by atomic mass is 10.1. The van der Waals surface area contributed by atoms with Gasteiger partial charge in [0.15, 0.2) is 17.3 Å².